The molecule has 1 N–H and O–H groups in total. The highest BCUT2D eigenvalue weighted by molar-refractivity contribution is 5.80. The standard InChI is InChI=1S/C26H36N6O2/c1-5-28-23-14-21(32-10-12-33-13-11-32)15-24(25(23)27-4)34-22-8-6-20(7-9-22)31-26-29-16-19(17-30-26)18(2)3/h5,14-18,20,22H,4,6-13H2,1-3H3,(H,29,30,31)/b28-5-/t20-,22+. The lowest BCUT2D eigenvalue weighted by Crippen LogP contribution is -2.36. The molecule has 1 aliphatic carbocycles. The fraction of sp³-hybridized carbons (Fsp3) is 0.538. The minimum absolute atomic E-state index is 0.126. The molecule has 1 aromatic heterocycles. The smallest absolute Gasteiger partial charge is 0.222 e. The number of hydrogen-bond acceptors (Lipinski definition) is 8. The molecule has 8 nitrogen and oxygen atoms in total. The number of aliphatic imine (C=N–C) groups is 2. The van der Waals surface area contributed by atoms with E-state index in [1.165, 1.54) is 0 Å². The highest BCUT2D eigenvalue weighted by Gasteiger charge is 2.25. The van der Waals surface area contributed by atoms with Crippen molar-refractivity contribution in [2.45, 2.75) is 64.5 Å². The lowest BCUT2D eigenvalue weighted by Gasteiger charge is -2.32. The molecule has 1 aromatic carbocycles. The number of benzene rings is 1. The van der Waals surface area contributed by atoms with Crippen molar-refractivity contribution in [3.8, 4) is 5.75 Å². The quantitative estimate of drug-likeness (QED) is 0.534. The van der Waals surface area contributed by atoms with Crippen LogP contribution in [0.15, 0.2) is 34.5 Å². The van der Waals surface area contributed by atoms with Gasteiger partial charge in [0.05, 0.1) is 25.0 Å². The second-order valence-electron chi connectivity index (χ2n) is 9.19. The number of anilines is 2. The second-order valence-corrected chi connectivity index (χ2v) is 9.19. The van der Waals surface area contributed by atoms with Gasteiger partial charge >= 0.3 is 0 Å². The average molecular weight is 465 g/mol. The molecule has 1 aliphatic heterocycles. The Labute approximate surface area is 202 Å². The number of nitrogens with one attached hydrogen (secondary N) is 1. The summed E-state index contributed by atoms with van der Waals surface area (Å²) in [6, 6.07) is 4.49. The van der Waals surface area contributed by atoms with E-state index in [1.807, 2.05) is 19.3 Å². The van der Waals surface area contributed by atoms with E-state index in [2.05, 4.69) is 62.9 Å². The van der Waals surface area contributed by atoms with Gasteiger partial charge in [-0.15, -0.1) is 0 Å². The van der Waals surface area contributed by atoms with Crippen LogP contribution >= 0.6 is 0 Å². The summed E-state index contributed by atoms with van der Waals surface area (Å²) in [5.41, 5.74) is 3.73. The third kappa shape index (κ3) is 5.91. The normalized spacial score (nSPS) is 21.1. The lowest BCUT2D eigenvalue weighted by molar-refractivity contribution is 0.122. The molecule has 0 radical (unpaired) electrons. The zero-order chi connectivity index (χ0) is 23.9. The van der Waals surface area contributed by atoms with Crippen LogP contribution in [0.3, 0.4) is 0 Å². The Bertz CT molecular complexity index is 978. The van der Waals surface area contributed by atoms with Crippen molar-refractivity contribution in [1.82, 2.24) is 9.97 Å². The molecular weight excluding hydrogens is 428 g/mol. The highest BCUT2D eigenvalue weighted by atomic mass is 16.5. The molecule has 2 aliphatic rings. The molecule has 0 atom stereocenters. The van der Waals surface area contributed by atoms with Crippen LogP contribution in [0.25, 0.3) is 0 Å². The SMILES string of the molecule is C=Nc1c(/N=C\C)cc(N2CCOCC2)cc1O[C@H]1CC[C@@H](Nc2ncc(C(C)C)cn2)CC1. The predicted molar refractivity (Wildman–Crippen MR) is 139 cm³/mol. The first kappa shape index (κ1) is 24.1. The number of morpholine rings is 1. The summed E-state index contributed by atoms with van der Waals surface area (Å²) in [5.74, 6) is 1.89. The summed E-state index contributed by atoms with van der Waals surface area (Å²) in [5, 5.41) is 3.49. The third-order valence-electron chi connectivity index (χ3n) is 6.48. The molecule has 2 aromatic rings. The lowest BCUT2D eigenvalue weighted by atomic mass is 9.93. The van der Waals surface area contributed by atoms with Crippen LogP contribution in [0.1, 0.15) is 57.9 Å². The van der Waals surface area contributed by atoms with Crippen LogP contribution < -0.4 is 15.0 Å². The van der Waals surface area contributed by atoms with Crippen molar-refractivity contribution in [3.05, 3.63) is 30.1 Å². The first-order valence-electron chi connectivity index (χ1n) is 12.3. The van der Waals surface area contributed by atoms with E-state index in [1.54, 1.807) is 6.21 Å². The summed E-state index contributed by atoms with van der Waals surface area (Å²) in [7, 11) is 0. The highest BCUT2D eigenvalue weighted by Crippen LogP contribution is 2.43. The third-order valence-corrected chi connectivity index (χ3v) is 6.48. The van der Waals surface area contributed by atoms with Crippen LogP contribution in [0.5, 0.6) is 5.75 Å². The molecule has 182 valence electrons. The van der Waals surface area contributed by atoms with Crippen molar-refractivity contribution >= 4 is 35.9 Å². The van der Waals surface area contributed by atoms with Crippen LogP contribution in [-0.2, 0) is 4.74 Å². The largest absolute Gasteiger partial charge is 0.488 e. The molecule has 2 heterocycles. The van der Waals surface area contributed by atoms with Crippen molar-refractivity contribution in [3.63, 3.8) is 0 Å². The van der Waals surface area contributed by atoms with E-state index in [4.69, 9.17) is 9.47 Å². The average Bonchev–Trinajstić information content (AvgIpc) is 2.86. The van der Waals surface area contributed by atoms with Gasteiger partial charge in [0.15, 0.2) is 0 Å². The first-order valence-corrected chi connectivity index (χ1v) is 12.3. The zero-order valence-electron chi connectivity index (χ0n) is 20.5. The van der Waals surface area contributed by atoms with Gasteiger partial charge in [0, 0.05) is 49.5 Å². The Morgan fingerprint density at radius 2 is 1.85 bits per heavy atom. The molecule has 1 saturated heterocycles. The molecular formula is C26H36N6O2. The van der Waals surface area contributed by atoms with Crippen LogP contribution in [0, 0.1) is 0 Å². The maximum absolute atomic E-state index is 6.51. The van der Waals surface area contributed by atoms with Crippen LogP contribution in [0.4, 0.5) is 23.0 Å². The molecule has 0 amide bonds. The maximum atomic E-state index is 6.51. The minimum Gasteiger partial charge on any atom is -0.488 e. The van der Waals surface area contributed by atoms with Gasteiger partial charge in [-0.05, 0) is 56.9 Å². The summed E-state index contributed by atoms with van der Waals surface area (Å²) in [6.07, 6.45) is 9.64. The Hall–Kier alpha value is -3.00. The van der Waals surface area contributed by atoms with Crippen molar-refractivity contribution < 1.29 is 9.47 Å². The van der Waals surface area contributed by atoms with Crippen molar-refractivity contribution in [2.75, 3.05) is 36.5 Å². The Kier molecular flexibility index (Phi) is 8.11. The van der Waals surface area contributed by atoms with Gasteiger partial charge in [0.2, 0.25) is 5.95 Å². The predicted octanol–water partition coefficient (Wildman–Crippen LogP) is 5.29. The van der Waals surface area contributed by atoms with Gasteiger partial charge in [-0.3, -0.25) is 9.98 Å². The number of ether oxygens (including phenoxy) is 2. The number of rotatable bonds is 8. The monoisotopic (exact) mass is 464 g/mol. The molecule has 4 rings (SSSR count). The minimum atomic E-state index is 0.126. The fourth-order valence-electron chi connectivity index (χ4n) is 4.47. The second kappa shape index (κ2) is 11.4. The van der Waals surface area contributed by atoms with Crippen LogP contribution in [0.2, 0.25) is 0 Å². The van der Waals surface area contributed by atoms with Gasteiger partial charge in [-0.25, -0.2) is 9.97 Å². The van der Waals surface area contributed by atoms with E-state index in [9.17, 15) is 0 Å². The first-order chi connectivity index (χ1) is 16.6. The molecule has 2 fully saturated rings. The van der Waals surface area contributed by atoms with Gasteiger partial charge in [0.25, 0.3) is 0 Å². The summed E-state index contributed by atoms with van der Waals surface area (Å²) < 4.78 is 12.0. The molecule has 1 saturated carbocycles. The van der Waals surface area contributed by atoms with E-state index in [0.717, 1.165) is 74.7 Å². The van der Waals surface area contributed by atoms with E-state index >= 15 is 0 Å². The number of aromatic nitrogens is 2. The van der Waals surface area contributed by atoms with E-state index < -0.39 is 0 Å². The Balaban J connectivity index is 1.42. The van der Waals surface area contributed by atoms with Crippen LogP contribution in [-0.4, -0.2) is 61.3 Å². The molecule has 0 bridgehead atoms. The van der Waals surface area contributed by atoms with Gasteiger partial charge in [-0.1, -0.05) is 13.8 Å². The van der Waals surface area contributed by atoms with Gasteiger partial charge in [0.1, 0.15) is 11.4 Å². The molecule has 0 spiro atoms. The molecule has 8 heteroatoms. The van der Waals surface area contributed by atoms with Gasteiger partial charge < -0.3 is 19.7 Å². The maximum Gasteiger partial charge on any atom is 0.222 e. The summed E-state index contributed by atoms with van der Waals surface area (Å²) in [6.45, 7) is 13.1. The van der Waals surface area contributed by atoms with E-state index in [-0.39, 0.29) is 6.10 Å². The Morgan fingerprint density at radius 1 is 1.15 bits per heavy atom. The van der Waals surface area contributed by atoms with E-state index in [0.29, 0.717) is 23.6 Å². The van der Waals surface area contributed by atoms with Crippen molar-refractivity contribution in [1.29, 1.82) is 0 Å². The summed E-state index contributed by atoms with van der Waals surface area (Å²) in [4.78, 5) is 20.1. The topological polar surface area (TPSA) is 84.2 Å². The van der Waals surface area contributed by atoms with Crippen molar-refractivity contribution in [2.24, 2.45) is 9.98 Å². The fourth-order valence-corrected chi connectivity index (χ4v) is 4.47. The molecule has 34 heavy (non-hydrogen) atoms. The van der Waals surface area contributed by atoms with Gasteiger partial charge in [-0.2, -0.15) is 0 Å². The zero-order valence-corrected chi connectivity index (χ0v) is 20.5. The number of nitrogens with zero attached hydrogens (tertiary/aromatic N) is 5. The summed E-state index contributed by atoms with van der Waals surface area (Å²) >= 11 is 0. The molecule has 0 unspecified atom stereocenters. The number of hydrogen-bond donors (Lipinski definition) is 1. The Morgan fingerprint density at radius 3 is 2.47 bits per heavy atom.